The number of benzene rings is 1. The molecule has 0 bridgehead atoms. The van der Waals surface area contributed by atoms with Gasteiger partial charge in [-0.3, -0.25) is 4.31 Å². The summed E-state index contributed by atoms with van der Waals surface area (Å²) in [7, 11) is -3.81. The molecule has 7 heteroatoms. The van der Waals surface area contributed by atoms with Crippen molar-refractivity contribution in [2.24, 2.45) is 0 Å². The summed E-state index contributed by atoms with van der Waals surface area (Å²) in [6, 6.07) is 7.45. The summed E-state index contributed by atoms with van der Waals surface area (Å²) in [4.78, 5) is 3.89. The molecule has 0 aliphatic heterocycles. The zero-order chi connectivity index (χ0) is 15.6. The van der Waals surface area contributed by atoms with Gasteiger partial charge in [-0.15, -0.1) is 0 Å². The molecule has 1 aromatic heterocycles. The first-order chi connectivity index (χ1) is 9.86. The van der Waals surface area contributed by atoms with Crippen molar-refractivity contribution >= 4 is 21.5 Å². The Bertz CT molecular complexity index is 743. The van der Waals surface area contributed by atoms with Gasteiger partial charge in [0.15, 0.2) is 0 Å². The van der Waals surface area contributed by atoms with Gasteiger partial charge in [-0.1, -0.05) is 0 Å². The fourth-order valence-corrected chi connectivity index (χ4v) is 3.62. The van der Waals surface area contributed by atoms with Crippen molar-refractivity contribution in [3.8, 4) is 5.75 Å². The lowest BCUT2D eigenvalue weighted by molar-refractivity contribution is 0.475. The molecule has 0 unspecified atom stereocenters. The van der Waals surface area contributed by atoms with Crippen LogP contribution in [-0.4, -0.2) is 25.1 Å². The molecule has 0 fully saturated rings. The first kappa shape index (κ1) is 15.1. The van der Waals surface area contributed by atoms with Crippen molar-refractivity contribution in [3.05, 3.63) is 42.1 Å². The van der Waals surface area contributed by atoms with Crippen molar-refractivity contribution in [1.29, 1.82) is 0 Å². The molecule has 21 heavy (non-hydrogen) atoms. The number of phenolic OH excluding ortho intramolecular Hbond substituents is 1. The highest BCUT2D eigenvalue weighted by Gasteiger charge is 2.26. The van der Waals surface area contributed by atoms with E-state index in [4.69, 9.17) is 5.73 Å². The number of anilines is 2. The van der Waals surface area contributed by atoms with Crippen LogP contribution >= 0.6 is 0 Å². The number of nitrogens with two attached hydrogens (primary N) is 1. The fraction of sp³-hybridized carbons (Fsp3) is 0.214. The summed E-state index contributed by atoms with van der Waals surface area (Å²) in [6.07, 6.45) is 1.52. The van der Waals surface area contributed by atoms with Crippen LogP contribution in [0.2, 0.25) is 0 Å². The molecule has 0 spiro atoms. The number of aryl methyl sites for hydroxylation is 1. The highest BCUT2D eigenvalue weighted by molar-refractivity contribution is 7.93. The van der Waals surface area contributed by atoms with Gasteiger partial charge in [0.05, 0.1) is 5.69 Å². The summed E-state index contributed by atoms with van der Waals surface area (Å²) in [5.74, 6) is 0.0433. The summed E-state index contributed by atoms with van der Waals surface area (Å²) in [6.45, 7) is 3.71. The summed E-state index contributed by atoms with van der Waals surface area (Å²) < 4.78 is 26.8. The number of aromatic nitrogens is 1. The molecule has 2 rings (SSSR count). The van der Waals surface area contributed by atoms with E-state index >= 15 is 0 Å². The average Bonchev–Trinajstić information content (AvgIpc) is 2.44. The second kappa shape index (κ2) is 5.61. The van der Waals surface area contributed by atoms with Gasteiger partial charge in [0.2, 0.25) is 0 Å². The van der Waals surface area contributed by atoms with E-state index in [9.17, 15) is 13.5 Å². The Morgan fingerprint density at radius 3 is 2.48 bits per heavy atom. The van der Waals surface area contributed by atoms with Crippen molar-refractivity contribution in [3.63, 3.8) is 0 Å². The monoisotopic (exact) mass is 307 g/mol. The van der Waals surface area contributed by atoms with E-state index in [1.54, 1.807) is 13.8 Å². The summed E-state index contributed by atoms with van der Waals surface area (Å²) >= 11 is 0. The minimum absolute atomic E-state index is 0.0163. The van der Waals surface area contributed by atoms with Gasteiger partial charge in [0.25, 0.3) is 10.0 Å². The van der Waals surface area contributed by atoms with Crippen LogP contribution < -0.4 is 10.0 Å². The van der Waals surface area contributed by atoms with Crippen LogP contribution in [-0.2, 0) is 10.0 Å². The minimum Gasteiger partial charge on any atom is -0.508 e. The maximum Gasteiger partial charge on any atom is 0.267 e. The number of aromatic hydroxyl groups is 1. The number of rotatable bonds is 4. The Labute approximate surface area is 123 Å². The third-order valence-electron chi connectivity index (χ3n) is 3.01. The standard InChI is InChI=1S/C14H17N3O3S/c1-3-17(11-4-6-12(18)7-5-11)21(19,20)13-8-10(2)9-16-14(13)15/h4-9,18H,3H2,1-2H3,(H2,15,16). The molecule has 0 amide bonds. The highest BCUT2D eigenvalue weighted by Crippen LogP contribution is 2.27. The van der Waals surface area contributed by atoms with Gasteiger partial charge in [0, 0.05) is 12.7 Å². The van der Waals surface area contributed by atoms with Gasteiger partial charge >= 0.3 is 0 Å². The Morgan fingerprint density at radius 2 is 1.90 bits per heavy atom. The van der Waals surface area contributed by atoms with Gasteiger partial charge < -0.3 is 10.8 Å². The number of nitrogens with zero attached hydrogens (tertiary/aromatic N) is 2. The van der Waals surface area contributed by atoms with Crippen LogP contribution in [0, 0.1) is 6.92 Å². The molecule has 3 N–H and O–H groups in total. The second-order valence-corrected chi connectivity index (χ2v) is 6.41. The van der Waals surface area contributed by atoms with E-state index in [0.717, 1.165) is 0 Å². The number of hydrogen-bond acceptors (Lipinski definition) is 5. The zero-order valence-electron chi connectivity index (χ0n) is 11.8. The Morgan fingerprint density at radius 1 is 1.29 bits per heavy atom. The molecule has 6 nitrogen and oxygen atoms in total. The number of pyridine rings is 1. The SMILES string of the molecule is CCN(c1ccc(O)cc1)S(=O)(=O)c1cc(C)cnc1N. The first-order valence-corrected chi connectivity index (χ1v) is 7.84. The normalized spacial score (nSPS) is 11.3. The predicted molar refractivity (Wildman–Crippen MR) is 81.7 cm³/mol. The first-order valence-electron chi connectivity index (χ1n) is 6.40. The number of nitrogen functional groups attached to an aromatic ring is 1. The molecule has 0 saturated heterocycles. The molecular weight excluding hydrogens is 290 g/mol. The molecule has 0 radical (unpaired) electrons. The maximum absolute atomic E-state index is 12.8. The number of sulfonamides is 1. The molecular formula is C14H17N3O3S. The van der Waals surface area contributed by atoms with Crippen LogP contribution in [0.5, 0.6) is 5.75 Å². The Hall–Kier alpha value is -2.28. The third kappa shape index (κ3) is 2.92. The summed E-state index contributed by atoms with van der Waals surface area (Å²) in [5, 5.41) is 9.31. The molecule has 0 aliphatic rings. The van der Waals surface area contributed by atoms with E-state index in [-0.39, 0.29) is 23.0 Å². The number of phenols is 1. The predicted octanol–water partition coefficient (Wildman–Crippen LogP) is 1.89. The molecule has 112 valence electrons. The van der Waals surface area contributed by atoms with Crippen LogP contribution in [0.3, 0.4) is 0 Å². The van der Waals surface area contributed by atoms with Gasteiger partial charge in [-0.05, 0) is 49.7 Å². The van der Waals surface area contributed by atoms with E-state index in [2.05, 4.69) is 4.98 Å². The lowest BCUT2D eigenvalue weighted by atomic mass is 10.3. The second-order valence-electron chi connectivity index (χ2n) is 4.58. The van der Waals surface area contributed by atoms with Crippen LogP contribution in [0.1, 0.15) is 12.5 Å². The Kier molecular flexibility index (Phi) is 4.04. The van der Waals surface area contributed by atoms with E-state index < -0.39 is 10.0 Å². The van der Waals surface area contributed by atoms with Gasteiger partial charge in [0.1, 0.15) is 16.5 Å². The highest BCUT2D eigenvalue weighted by atomic mass is 32.2. The van der Waals surface area contributed by atoms with E-state index in [1.807, 2.05) is 0 Å². The number of hydrogen-bond donors (Lipinski definition) is 2. The largest absolute Gasteiger partial charge is 0.508 e. The molecule has 0 aliphatic carbocycles. The van der Waals surface area contributed by atoms with E-state index in [0.29, 0.717) is 11.3 Å². The van der Waals surface area contributed by atoms with E-state index in [1.165, 1.54) is 40.8 Å². The Balaban J connectivity index is 2.54. The third-order valence-corrected chi connectivity index (χ3v) is 4.94. The quantitative estimate of drug-likeness (QED) is 0.899. The molecule has 2 aromatic rings. The lowest BCUT2D eigenvalue weighted by Crippen LogP contribution is -2.31. The van der Waals surface area contributed by atoms with Crippen molar-refractivity contribution in [2.75, 3.05) is 16.6 Å². The molecule has 1 aromatic carbocycles. The summed E-state index contributed by atoms with van der Waals surface area (Å²) in [5.41, 5.74) is 6.88. The van der Waals surface area contributed by atoms with Crippen molar-refractivity contribution in [1.82, 2.24) is 4.98 Å². The smallest absolute Gasteiger partial charge is 0.267 e. The fourth-order valence-electron chi connectivity index (χ4n) is 1.99. The van der Waals surface area contributed by atoms with Crippen molar-refractivity contribution in [2.45, 2.75) is 18.7 Å². The van der Waals surface area contributed by atoms with Crippen LogP contribution in [0.4, 0.5) is 11.5 Å². The lowest BCUT2D eigenvalue weighted by Gasteiger charge is -2.23. The maximum atomic E-state index is 12.8. The molecule has 0 saturated carbocycles. The average molecular weight is 307 g/mol. The van der Waals surface area contributed by atoms with Crippen LogP contribution in [0.15, 0.2) is 41.4 Å². The van der Waals surface area contributed by atoms with Crippen molar-refractivity contribution < 1.29 is 13.5 Å². The van der Waals surface area contributed by atoms with Crippen LogP contribution in [0.25, 0.3) is 0 Å². The van der Waals surface area contributed by atoms with Gasteiger partial charge in [-0.2, -0.15) is 0 Å². The van der Waals surface area contributed by atoms with Gasteiger partial charge in [-0.25, -0.2) is 13.4 Å². The topological polar surface area (TPSA) is 96.5 Å². The molecule has 1 heterocycles. The zero-order valence-corrected chi connectivity index (χ0v) is 12.6. The molecule has 0 atom stereocenters. The minimum atomic E-state index is -3.81.